The first-order valence-corrected chi connectivity index (χ1v) is 10.8. The molecule has 1 aliphatic carbocycles. The van der Waals surface area contributed by atoms with E-state index in [1.807, 2.05) is 37.2 Å². The van der Waals surface area contributed by atoms with Gasteiger partial charge in [0.05, 0.1) is 19.6 Å². The standard InChI is InChI=1S/C23H35N3O4/c1-25(2)13-14-26-20-7-5-6-11-23(20,12-10-21(26)27)22(28)24-16-17-8-9-18(29-3)19(15-17)30-4/h8-9,15,20H,5-7,10-14,16H2,1-4H3,(H,24,28)/t20-,23-/m1/s1. The average molecular weight is 418 g/mol. The van der Waals surface area contributed by atoms with E-state index in [2.05, 4.69) is 10.2 Å². The van der Waals surface area contributed by atoms with Crippen molar-refractivity contribution in [2.75, 3.05) is 41.4 Å². The number of rotatable bonds is 8. The number of ether oxygens (including phenoxy) is 2. The highest BCUT2D eigenvalue weighted by atomic mass is 16.5. The molecule has 7 nitrogen and oxygen atoms in total. The van der Waals surface area contributed by atoms with Crippen molar-refractivity contribution in [2.45, 2.75) is 51.1 Å². The topological polar surface area (TPSA) is 71.1 Å². The number of carbonyl (C=O) groups excluding carboxylic acids is 2. The summed E-state index contributed by atoms with van der Waals surface area (Å²) in [5.74, 6) is 1.58. The van der Waals surface area contributed by atoms with Crippen molar-refractivity contribution in [2.24, 2.45) is 5.41 Å². The fourth-order valence-corrected chi connectivity index (χ4v) is 4.93. The first-order valence-electron chi connectivity index (χ1n) is 10.8. The molecule has 166 valence electrons. The first kappa shape index (κ1) is 22.4. The molecule has 3 rings (SSSR count). The number of likely N-dealkylation sites (N-methyl/N-ethyl adjacent to an activating group) is 1. The number of hydrogen-bond acceptors (Lipinski definition) is 5. The molecule has 0 aromatic heterocycles. The van der Waals surface area contributed by atoms with E-state index in [1.165, 1.54) is 0 Å². The van der Waals surface area contributed by atoms with Gasteiger partial charge in [-0.05, 0) is 51.1 Å². The van der Waals surface area contributed by atoms with E-state index in [0.717, 1.165) is 37.8 Å². The molecule has 1 aliphatic heterocycles. The molecule has 1 saturated heterocycles. The molecule has 1 aromatic rings. The van der Waals surface area contributed by atoms with E-state index < -0.39 is 5.41 Å². The second kappa shape index (κ2) is 9.69. The molecule has 1 saturated carbocycles. The Labute approximate surface area is 179 Å². The molecule has 0 bridgehead atoms. The van der Waals surface area contributed by atoms with E-state index in [9.17, 15) is 9.59 Å². The van der Waals surface area contributed by atoms with Gasteiger partial charge in [0.15, 0.2) is 11.5 Å². The van der Waals surface area contributed by atoms with Crippen molar-refractivity contribution in [3.63, 3.8) is 0 Å². The van der Waals surface area contributed by atoms with Crippen LogP contribution < -0.4 is 14.8 Å². The third-order valence-corrected chi connectivity index (χ3v) is 6.61. The molecule has 0 spiro atoms. The second-order valence-corrected chi connectivity index (χ2v) is 8.68. The maximum absolute atomic E-state index is 13.5. The summed E-state index contributed by atoms with van der Waals surface area (Å²) in [4.78, 5) is 30.2. The van der Waals surface area contributed by atoms with Gasteiger partial charge in [0.2, 0.25) is 11.8 Å². The molecule has 2 amide bonds. The van der Waals surface area contributed by atoms with E-state index >= 15 is 0 Å². The van der Waals surface area contributed by atoms with Crippen LogP contribution in [0.1, 0.15) is 44.1 Å². The zero-order chi connectivity index (χ0) is 21.7. The molecule has 0 unspecified atom stereocenters. The van der Waals surface area contributed by atoms with Crippen molar-refractivity contribution >= 4 is 11.8 Å². The lowest BCUT2D eigenvalue weighted by Crippen LogP contribution is -2.62. The van der Waals surface area contributed by atoms with Crippen LogP contribution in [0.25, 0.3) is 0 Å². The normalized spacial score (nSPS) is 23.8. The minimum Gasteiger partial charge on any atom is -0.493 e. The summed E-state index contributed by atoms with van der Waals surface area (Å²) in [6.07, 6.45) is 4.96. The van der Waals surface area contributed by atoms with Crippen molar-refractivity contribution in [3.8, 4) is 11.5 Å². The number of carbonyl (C=O) groups is 2. The van der Waals surface area contributed by atoms with Crippen molar-refractivity contribution in [1.29, 1.82) is 0 Å². The number of fused-ring (bicyclic) bond motifs is 1. The number of amides is 2. The smallest absolute Gasteiger partial charge is 0.228 e. The Morgan fingerprint density at radius 3 is 2.67 bits per heavy atom. The molecule has 1 heterocycles. The highest BCUT2D eigenvalue weighted by Gasteiger charge is 2.52. The van der Waals surface area contributed by atoms with Gasteiger partial charge in [-0.1, -0.05) is 18.9 Å². The lowest BCUT2D eigenvalue weighted by atomic mass is 9.64. The molecular weight excluding hydrogens is 382 g/mol. The van der Waals surface area contributed by atoms with Crippen LogP contribution in [0.5, 0.6) is 11.5 Å². The van der Waals surface area contributed by atoms with E-state index in [4.69, 9.17) is 9.47 Å². The van der Waals surface area contributed by atoms with Crippen molar-refractivity contribution in [3.05, 3.63) is 23.8 Å². The van der Waals surface area contributed by atoms with Gasteiger partial charge < -0.3 is 24.6 Å². The van der Waals surface area contributed by atoms with Crippen LogP contribution in [0.4, 0.5) is 0 Å². The van der Waals surface area contributed by atoms with Gasteiger partial charge in [0.1, 0.15) is 0 Å². The zero-order valence-corrected chi connectivity index (χ0v) is 18.7. The van der Waals surface area contributed by atoms with Crippen LogP contribution in [0.2, 0.25) is 0 Å². The lowest BCUT2D eigenvalue weighted by molar-refractivity contribution is -0.155. The fraction of sp³-hybridized carbons (Fsp3) is 0.652. The van der Waals surface area contributed by atoms with Gasteiger partial charge in [0, 0.05) is 32.1 Å². The first-order chi connectivity index (χ1) is 14.4. The van der Waals surface area contributed by atoms with Crippen molar-refractivity contribution in [1.82, 2.24) is 15.1 Å². The van der Waals surface area contributed by atoms with Crippen LogP contribution >= 0.6 is 0 Å². The Hall–Kier alpha value is -2.28. The molecular formula is C23H35N3O4. The third-order valence-electron chi connectivity index (χ3n) is 6.61. The summed E-state index contributed by atoms with van der Waals surface area (Å²) in [6.45, 7) is 1.92. The predicted octanol–water partition coefficient (Wildman–Crippen LogP) is 2.43. The molecule has 7 heteroatoms. The number of hydrogen-bond donors (Lipinski definition) is 1. The zero-order valence-electron chi connectivity index (χ0n) is 18.7. The summed E-state index contributed by atoms with van der Waals surface area (Å²) >= 11 is 0. The largest absolute Gasteiger partial charge is 0.493 e. The summed E-state index contributed by atoms with van der Waals surface area (Å²) in [7, 11) is 7.23. The number of methoxy groups -OCH3 is 2. The summed E-state index contributed by atoms with van der Waals surface area (Å²) in [5, 5.41) is 3.16. The van der Waals surface area contributed by atoms with E-state index in [0.29, 0.717) is 37.4 Å². The van der Waals surface area contributed by atoms with E-state index in [1.54, 1.807) is 14.2 Å². The van der Waals surface area contributed by atoms with Crippen LogP contribution in [0, 0.1) is 5.41 Å². The molecule has 2 aliphatic rings. The molecule has 30 heavy (non-hydrogen) atoms. The summed E-state index contributed by atoms with van der Waals surface area (Å²) in [6, 6.07) is 5.68. The van der Waals surface area contributed by atoms with Crippen molar-refractivity contribution < 1.29 is 19.1 Å². The Kier molecular flexibility index (Phi) is 7.23. The van der Waals surface area contributed by atoms with E-state index in [-0.39, 0.29) is 17.9 Å². The average Bonchev–Trinajstić information content (AvgIpc) is 2.76. The van der Waals surface area contributed by atoms with Gasteiger partial charge in [-0.3, -0.25) is 9.59 Å². The SMILES string of the molecule is COc1ccc(CNC(=O)[C@@]23CCCC[C@H]2N(CCN(C)C)C(=O)CC3)cc1OC. The summed E-state index contributed by atoms with van der Waals surface area (Å²) in [5.41, 5.74) is 0.482. The quantitative estimate of drug-likeness (QED) is 0.704. The Morgan fingerprint density at radius 1 is 1.20 bits per heavy atom. The maximum atomic E-state index is 13.5. The van der Waals surface area contributed by atoms with Crippen LogP contribution in [0.3, 0.4) is 0 Å². The van der Waals surface area contributed by atoms with Gasteiger partial charge >= 0.3 is 0 Å². The maximum Gasteiger partial charge on any atom is 0.228 e. The highest BCUT2D eigenvalue weighted by molar-refractivity contribution is 5.88. The number of nitrogens with zero attached hydrogens (tertiary/aromatic N) is 2. The molecule has 0 radical (unpaired) electrons. The predicted molar refractivity (Wildman–Crippen MR) is 116 cm³/mol. The van der Waals surface area contributed by atoms with Crippen LogP contribution in [-0.2, 0) is 16.1 Å². The number of nitrogens with one attached hydrogen (secondary N) is 1. The lowest BCUT2D eigenvalue weighted by Gasteiger charge is -2.51. The molecule has 1 aromatic carbocycles. The molecule has 2 fully saturated rings. The Morgan fingerprint density at radius 2 is 1.97 bits per heavy atom. The Balaban J connectivity index is 1.74. The minimum absolute atomic E-state index is 0.00199. The number of piperidine rings is 1. The van der Waals surface area contributed by atoms with Gasteiger partial charge in [-0.15, -0.1) is 0 Å². The minimum atomic E-state index is -0.477. The molecule has 1 N–H and O–H groups in total. The number of benzene rings is 1. The van der Waals surface area contributed by atoms with Crippen LogP contribution in [-0.4, -0.2) is 69.1 Å². The monoisotopic (exact) mass is 417 g/mol. The van der Waals surface area contributed by atoms with Gasteiger partial charge in [0.25, 0.3) is 0 Å². The van der Waals surface area contributed by atoms with Gasteiger partial charge in [-0.25, -0.2) is 0 Å². The fourth-order valence-electron chi connectivity index (χ4n) is 4.93. The number of likely N-dealkylation sites (tertiary alicyclic amines) is 1. The Bertz CT molecular complexity index is 767. The van der Waals surface area contributed by atoms with Crippen LogP contribution in [0.15, 0.2) is 18.2 Å². The molecule has 2 atom stereocenters. The highest BCUT2D eigenvalue weighted by Crippen LogP contribution is 2.46. The van der Waals surface area contributed by atoms with Gasteiger partial charge in [-0.2, -0.15) is 0 Å². The third kappa shape index (κ3) is 4.56. The second-order valence-electron chi connectivity index (χ2n) is 8.68. The summed E-state index contributed by atoms with van der Waals surface area (Å²) < 4.78 is 10.7.